The van der Waals surface area contributed by atoms with Gasteiger partial charge in [0.25, 0.3) is 0 Å². The van der Waals surface area contributed by atoms with Crippen molar-refractivity contribution in [3.8, 4) is 5.75 Å². The van der Waals surface area contributed by atoms with Gasteiger partial charge >= 0.3 is 0 Å². The number of halogens is 1. The van der Waals surface area contributed by atoms with Crippen LogP contribution in [0.3, 0.4) is 0 Å². The number of thiophene rings is 1. The molecule has 1 unspecified atom stereocenters. The van der Waals surface area contributed by atoms with E-state index in [1.807, 2.05) is 36.7 Å². The van der Waals surface area contributed by atoms with Crippen molar-refractivity contribution in [1.29, 1.82) is 0 Å². The number of rotatable bonds is 4. The van der Waals surface area contributed by atoms with E-state index in [4.69, 9.17) is 16.3 Å². The van der Waals surface area contributed by atoms with Crippen molar-refractivity contribution in [1.82, 2.24) is 5.32 Å². The summed E-state index contributed by atoms with van der Waals surface area (Å²) in [5.74, 6) is 0.857. The SMILES string of the molecule is CNC(c1cccc(OC)c1)c1sccc1Cl. The molecule has 0 bridgehead atoms. The van der Waals surface area contributed by atoms with Crippen LogP contribution in [0.15, 0.2) is 35.7 Å². The van der Waals surface area contributed by atoms with Crippen LogP contribution in [-0.2, 0) is 0 Å². The standard InChI is InChI=1S/C13H14ClNOS/c1-15-12(13-11(14)6-7-17-13)9-4-3-5-10(8-9)16-2/h3-8,12,15H,1-2H3. The van der Waals surface area contributed by atoms with Crippen LogP contribution >= 0.6 is 22.9 Å². The van der Waals surface area contributed by atoms with Crippen molar-refractivity contribution >= 4 is 22.9 Å². The summed E-state index contributed by atoms with van der Waals surface area (Å²) >= 11 is 7.83. The fourth-order valence-electron chi connectivity index (χ4n) is 1.78. The third kappa shape index (κ3) is 2.63. The van der Waals surface area contributed by atoms with Gasteiger partial charge in [-0.05, 0) is 36.2 Å². The first-order chi connectivity index (χ1) is 8.26. The van der Waals surface area contributed by atoms with Crippen molar-refractivity contribution in [2.24, 2.45) is 0 Å². The molecule has 2 nitrogen and oxygen atoms in total. The van der Waals surface area contributed by atoms with Crippen LogP contribution in [-0.4, -0.2) is 14.2 Å². The molecule has 0 aliphatic heterocycles. The molecule has 90 valence electrons. The Labute approximate surface area is 110 Å². The highest BCUT2D eigenvalue weighted by Crippen LogP contribution is 2.33. The van der Waals surface area contributed by atoms with Crippen LogP contribution in [0.5, 0.6) is 5.75 Å². The highest BCUT2D eigenvalue weighted by molar-refractivity contribution is 7.10. The largest absolute Gasteiger partial charge is 0.497 e. The van der Waals surface area contributed by atoms with Gasteiger partial charge in [0.15, 0.2) is 0 Å². The van der Waals surface area contributed by atoms with Gasteiger partial charge in [-0.15, -0.1) is 11.3 Å². The molecule has 0 aliphatic rings. The molecule has 2 rings (SSSR count). The lowest BCUT2D eigenvalue weighted by Gasteiger charge is -2.16. The molecule has 4 heteroatoms. The summed E-state index contributed by atoms with van der Waals surface area (Å²) in [6, 6.07) is 10.0. The molecule has 1 heterocycles. The fraction of sp³-hybridized carbons (Fsp3) is 0.231. The van der Waals surface area contributed by atoms with Crippen LogP contribution < -0.4 is 10.1 Å². The zero-order valence-corrected chi connectivity index (χ0v) is 11.3. The molecule has 0 saturated carbocycles. The zero-order valence-electron chi connectivity index (χ0n) is 9.74. The van der Waals surface area contributed by atoms with E-state index in [0.717, 1.165) is 21.2 Å². The van der Waals surface area contributed by atoms with Gasteiger partial charge in [-0.25, -0.2) is 0 Å². The number of nitrogens with one attached hydrogen (secondary N) is 1. The lowest BCUT2D eigenvalue weighted by molar-refractivity contribution is 0.414. The molecule has 0 aliphatic carbocycles. The predicted octanol–water partition coefficient (Wildman–Crippen LogP) is 3.72. The molecule has 0 amide bonds. The van der Waals surface area contributed by atoms with E-state index >= 15 is 0 Å². The Hall–Kier alpha value is -1.03. The van der Waals surface area contributed by atoms with E-state index in [9.17, 15) is 0 Å². The second-order valence-electron chi connectivity index (χ2n) is 3.63. The normalized spacial score (nSPS) is 12.4. The molecule has 0 radical (unpaired) electrons. The number of benzene rings is 1. The summed E-state index contributed by atoms with van der Waals surface area (Å²) in [7, 11) is 3.60. The lowest BCUT2D eigenvalue weighted by atomic mass is 10.1. The number of hydrogen-bond acceptors (Lipinski definition) is 3. The minimum Gasteiger partial charge on any atom is -0.497 e. The highest BCUT2D eigenvalue weighted by Gasteiger charge is 2.16. The monoisotopic (exact) mass is 267 g/mol. The van der Waals surface area contributed by atoms with E-state index in [0.29, 0.717) is 0 Å². The van der Waals surface area contributed by atoms with Crippen molar-refractivity contribution < 1.29 is 4.74 Å². The quantitative estimate of drug-likeness (QED) is 0.912. The molecule has 2 aromatic rings. The zero-order chi connectivity index (χ0) is 12.3. The third-order valence-corrected chi connectivity index (χ3v) is 4.05. The molecule has 1 aromatic carbocycles. The van der Waals surface area contributed by atoms with Gasteiger partial charge in [-0.3, -0.25) is 0 Å². The molecular weight excluding hydrogens is 254 g/mol. The molecular formula is C13H14ClNOS. The van der Waals surface area contributed by atoms with Gasteiger partial charge in [0, 0.05) is 4.88 Å². The predicted molar refractivity (Wildman–Crippen MR) is 73.2 cm³/mol. The van der Waals surface area contributed by atoms with Crippen molar-refractivity contribution in [3.63, 3.8) is 0 Å². The summed E-state index contributed by atoms with van der Waals surface area (Å²) in [4.78, 5) is 1.13. The smallest absolute Gasteiger partial charge is 0.119 e. The summed E-state index contributed by atoms with van der Waals surface area (Å²) in [5, 5.41) is 6.09. The maximum atomic E-state index is 6.18. The Morgan fingerprint density at radius 1 is 1.35 bits per heavy atom. The first kappa shape index (κ1) is 12.4. The summed E-state index contributed by atoms with van der Waals surface area (Å²) in [5.41, 5.74) is 1.15. The molecule has 1 aromatic heterocycles. The lowest BCUT2D eigenvalue weighted by Crippen LogP contribution is -2.16. The van der Waals surface area contributed by atoms with Crippen molar-refractivity contribution in [2.45, 2.75) is 6.04 Å². The van der Waals surface area contributed by atoms with Crippen LogP contribution in [0, 0.1) is 0 Å². The topological polar surface area (TPSA) is 21.3 Å². The minimum absolute atomic E-state index is 0.109. The van der Waals surface area contributed by atoms with Crippen molar-refractivity contribution in [2.75, 3.05) is 14.2 Å². The number of ether oxygens (including phenoxy) is 1. The van der Waals surface area contributed by atoms with Gasteiger partial charge < -0.3 is 10.1 Å². The van der Waals surface area contributed by atoms with Crippen molar-refractivity contribution in [3.05, 3.63) is 51.2 Å². The molecule has 17 heavy (non-hydrogen) atoms. The fourth-order valence-corrected chi connectivity index (χ4v) is 3.08. The Kier molecular flexibility index (Phi) is 4.05. The second kappa shape index (κ2) is 5.54. The number of methoxy groups -OCH3 is 1. The first-order valence-electron chi connectivity index (χ1n) is 5.30. The average molecular weight is 268 g/mol. The van der Waals surface area contributed by atoms with Gasteiger partial charge in [0.1, 0.15) is 5.75 Å². The number of hydrogen-bond donors (Lipinski definition) is 1. The minimum atomic E-state index is 0.109. The first-order valence-corrected chi connectivity index (χ1v) is 6.56. The summed E-state index contributed by atoms with van der Waals surface area (Å²) in [6.07, 6.45) is 0. The maximum absolute atomic E-state index is 6.18. The molecule has 0 saturated heterocycles. The Morgan fingerprint density at radius 2 is 2.18 bits per heavy atom. The Balaban J connectivity index is 2.38. The van der Waals surface area contributed by atoms with Crippen LogP contribution in [0.4, 0.5) is 0 Å². The van der Waals surface area contributed by atoms with Gasteiger partial charge in [0.05, 0.1) is 18.2 Å². The van der Waals surface area contributed by atoms with E-state index in [2.05, 4.69) is 11.4 Å². The highest BCUT2D eigenvalue weighted by atomic mass is 35.5. The molecule has 0 spiro atoms. The molecule has 1 N–H and O–H groups in total. The van der Waals surface area contributed by atoms with E-state index in [-0.39, 0.29) is 6.04 Å². The van der Waals surface area contributed by atoms with E-state index < -0.39 is 0 Å². The van der Waals surface area contributed by atoms with Crippen LogP contribution in [0.2, 0.25) is 5.02 Å². The maximum Gasteiger partial charge on any atom is 0.119 e. The second-order valence-corrected chi connectivity index (χ2v) is 4.99. The van der Waals surface area contributed by atoms with E-state index in [1.165, 1.54) is 0 Å². The molecule has 0 fully saturated rings. The summed E-state index contributed by atoms with van der Waals surface area (Å²) < 4.78 is 5.24. The summed E-state index contributed by atoms with van der Waals surface area (Å²) in [6.45, 7) is 0. The Bertz CT molecular complexity index is 498. The molecule has 1 atom stereocenters. The van der Waals surface area contributed by atoms with Gasteiger partial charge in [-0.2, -0.15) is 0 Å². The van der Waals surface area contributed by atoms with E-state index in [1.54, 1.807) is 18.4 Å². The van der Waals surface area contributed by atoms with Gasteiger partial charge in [0.2, 0.25) is 0 Å². The van der Waals surface area contributed by atoms with Gasteiger partial charge in [-0.1, -0.05) is 23.7 Å². The van der Waals surface area contributed by atoms with Crippen LogP contribution in [0.25, 0.3) is 0 Å². The third-order valence-electron chi connectivity index (χ3n) is 2.62. The average Bonchev–Trinajstić information content (AvgIpc) is 2.77. The van der Waals surface area contributed by atoms with Crippen LogP contribution in [0.1, 0.15) is 16.5 Å². The Morgan fingerprint density at radius 3 is 2.76 bits per heavy atom.